The average molecular weight is 512 g/mol. The number of likely N-dealkylation sites (tertiary alicyclic amines) is 1. The SMILES string of the molecule is CNC(O)c1cnc2c(c1)cc(C(=O)NCCc1ccc(Cl)cc1)c(=O)n2CC(=O)N1CC(C)(C)C1. The lowest BCUT2D eigenvalue weighted by molar-refractivity contribution is -0.142. The van der Waals surface area contributed by atoms with Crippen LogP contribution in [-0.4, -0.2) is 58.1 Å². The lowest BCUT2D eigenvalue weighted by Gasteiger charge is -2.45. The van der Waals surface area contributed by atoms with E-state index in [-0.39, 0.29) is 29.1 Å². The van der Waals surface area contributed by atoms with Gasteiger partial charge in [-0.2, -0.15) is 0 Å². The second-order valence-corrected chi connectivity index (χ2v) is 10.3. The number of aliphatic hydroxyl groups excluding tert-OH is 1. The van der Waals surface area contributed by atoms with Gasteiger partial charge >= 0.3 is 0 Å². The number of amides is 2. The predicted octanol–water partition coefficient (Wildman–Crippen LogP) is 2.10. The Labute approximate surface area is 214 Å². The summed E-state index contributed by atoms with van der Waals surface area (Å²) in [5.41, 5.74) is 1.11. The molecule has 0 saturated carbocycles. The largest absolute Gasteiger partial charge is 0.374 e. The molecule has 190 valence electrons. The van der Waals surface area contributed by atoms with Crippen molar-refractivity contribution in [2.24, 2.45) is 5.41 Å². The number of aromatic nitrogens is 2. The summed E-state index contributed by atoms with van der Waals surface area (Å²) < 4.78 is 1.24. The Balaban J connectivity index is 1.63. The smallest absolute Gasteiger partial charge is 0.265 e. The zero-order chi connectivity index (χ0) is 26.0. The maximum absolute atomic E-state index is 13.4. The third-order valence-corrected chi connectivity index (χ3v) is 6.53. The number of carbonyl (C=O) groups is 2. The van der Waals surface area contributed by atoms with E-state index in [9.17, 15) is 19.5 Å². The van der Waals surface area contributed by atoms with Crippen molar-refractivity contribution in [1.29, 1.82) is 0 Å². The number of aliphatic hydroxyl groups is 1. The Morgan fingerprint density at radius 2 is 1.89 bits per heavy atom. The normalized spacial score (nSPS) is 15.4. The van der Waals surface area contributed by atoms with Gasteiger partial charge in [0.25, 0.3) is 11.5 Å². The highest BCUT2D eigenvalue weighted by Gasteiger charge is 2.37. The Bertz CT molecular complexity index is 1340. The maximum Gasteiger partial charge on any atom is 0.265 e. The van der Waals surface area contributed by atoms with Crippen LogP contribution < -0.4 is 16.2 Å². The van der Waals surface area contributed by atoms with Crippen molar-refractivity contribution in [2.75, 3.05) is 26.7 Å². The van der Waals surface area contributed by atoms with Gasteiger partial charge in [-0.1, -0.05) is 37.6 Å². The van der Waals surface area contributed by atoms with Crippen LogP contribution in [0.5, 0.6) is 0 Å². The number of pyridine rings is 2. The van der Waals surface area contributed by atoms with Crippen LogP contribution in [0.4, 0.5) is 0 Å². The van der Waals surface area contributed by atoms with Crippen molar-refractivity contribution in [2.45, 2.75) is 33.0 Å². The number of benzene rings is 1. The molecular formula is C26H30ClN5O4. The third-order valence-electron chi connectivity index (χ3n) is 6.28. The molecule has 0 bridgehead atoms. The number of halogens is 1. The van der Waals surface area contributed by atoms with Crippen molar-refractivity contribution >= 4 is 34.4 Å². The molecule has 9 nitrogen and oxygen atoms in total. The Morgan fingerprint density at radius 3 is 2.53 bits per heavy atom. The van der Waals surface area contributed by atoms with Crippen LogP contribution in [-0.2, 0) is 17.8 Å². The minimum Gasteiger partial charge on any atom is -0.374 e. The third kappa shape index (κ3) is 5.59. The first-order valence-electron chi connectivity index (χ1n) is 11.8. The van der Waals surface area contributed by atoms with E-state index in [1.807, 2.05) is 12.1 Å². The molecule has 1 fully saturated rings. The molecule has 1 aromatic carbocycles. The van der Waals surface area contributed by atoms with Gasteiger partial charge in [-0.05, 0) is 48.7 Å². The number of hydrogen-bond donors (Lipinski definition) is 3. The molecule has 1 unspecified atom stereocenters. The van der Waals surface area contributed by atoms with Crippen molar-refractivity contribution in [1.82, 2.24) is 25.1 Å². The topological polar surface area (TPSA) is 117 Å². The number of nitrogens with zero attached hydrogens (tertiary/aromatic N) is 3. The fourth-order valence-corrected chi connectivity index (χ4v) is 4.50. The Morgan fingerprint density at radius 1 is 1.19 bits per heavy atom. The van der Waals surface area contributed by atoms with Crippen molar-refractivity contribution in [3.05, 3.63) is 74.7 Å². The number of carbonyl (C=O) groups excluding carboxylic acids is 2. The molecule has 10 heteroatoms. The number of rotatable bonds is 8. The molecule has 2 amide bonds. The summed E-state index contributed by atoms with van der Waals surface area (Å²) in [4.78, 5) is 45.4. The first kappa shape index (κ1) is 25.8. The lowest BCUT2D eigenvalue weighted by Crippen LogP contribution is -2.56. The number of nitrogens with one attached hydrogen (secondary N) is 2. The van der Waals surface area contributed by atoms with E-state index in [1.165, 1.54) is 16.8 Å². The van der Waals surface area contributed by atoms with Crippen LogP contribution in [0.15, 0.2) is 47.4 Å². The van der Waals surface area contributed by atoms with Gasteiger partial charge in [0, 0.05) is 41.8 Å². The van der Waals surface area contributed by atoms with Crippen LogP contribution >= 0.6 is 11.6 Å². The van der Waals surface area contributed by atoms with E-state index >= 15 is 0 Å². The van der Waals surface area contributed by atoms with Crippen molar-refractivity contribution in [3.63, 3.8) is 0 Å². The van der Waals surface area contributed by atoms with Gasteiger partial charge in [0.2, 0.25) is 5.91 Å². The molecule has 1 aliphatic rings. The minimum atomic E-state index is -0.969. The van der Waals surface area contributed by atoms with E-state index in [4.69, 9.17) is 11.6 Å². The fraction of sp³-hybridized carbons (Fsp3) is 0.385. The summed E-state index contributed by atoms with van der Waals surface area (Å²) >= 11 is 5.92. The molecule has 1 aliphatic heterocycles. The van der Waals surface area contributed by atoms with Crippen LogP contribution in [0.3, 0.4) is 0 Å². The zero-order valence-corrected chi connectivity index (χ0v) is 21.3. The lowest BCUT2D eigenvalue weighted by atomic mass is 9.84. The maximum atomic E-state index is 13.4. The summed E-state index contributed by atoms with van der Waals surface area (Å²) in [6.07, 6.45) is 1.04. The number of fused-ring (bicyclic) bond motifs is 1. The second kappa shape index (κ2) is 10.4. The fourth-order valence-electron chi connectivity index (χ4n) is 4.37. The van der Waals surface area contributed by atoms with Crippen molar-refractivity contribution in [3.8, 4) is 0 Å². The van der Waals surface area contributed by atoms with Gasteiger partial charge in [0.05, 0.1) is 0 Å². The van der Waals surface area contributed by atoms with Gasteiger partial charge < -0.3 is 15.3 Å². The highest BCUT2D eigenvalue weighted by atomic mass is 35.5. The van der Waals surface area contributed by atoms with E-state index < -0.39 is 17.7 Å². The second-order valence-electron chi connectivity index (χ2n) is 9.87. The first-order chi connectivity index (χ1) is 17.1. The average Bonchev–Trinajstić information content (AvgIpc) is 2.84. The van der Waals surface area contributed by atoms with Crippen LogP contribution in [0.1, 0.15) is 41.6 Å². The molecular weight excluding hydrogens is 482 g/mol. The van der Waals surface area contributed by atoms with E-state index in [2.05, 4.69) is 29.5 Å². The van der Waals surface area contributed by atoms with Crippen LogP contribution in [0.2, 0.25) is 5.02 Å². The molecule has 1 saturated heterocycles. The molecule has 2 aromatic heterocycles. The van der Waals surface area contributed by atoms with Crippen molar-refractivity contribution < 1.29 is 14.7 Å². The predicted molar refractivity (Wildman–Crippen MR) is 138 cm³/mol. The van der Waals surface area contributed by atoms with Gasteiger partial charge in [-0.15, -0.1) is 0 Å². The van der Waals surface area contributed by atoms with Gasteiger partial charge in [0.15, 0.2) is 0 Å². The van der Waals surface area contributed by atoms with Crippen LogP contribution in [0, 0.1) is 5.41 Å². The highest BCUT2D eigenvalue weighted by molar-refractivity contribution is 6.30. The highest BCUT2D eigenvalue weighted by Crippen LogP contribution is 2.29. The zero-order valence-electron chi connectivity index (χ0n) is 20.5. The van der Waals surface area contributed by atoms with Crippen LogP contribution in [0.25, 0.3) is 11.0 Å². The molecule has 4 rings (SSSR count). The summed E-state index contributed by atoms with van der Waals surface area (Å²) in [7, 11) is 1.60. The van der Waals surface area contributed by atoms with E-state index in [0.717, 1.165) is 5.56 Å². The van der Waals surface area contributed by atoms with E-state index in [1.54, 1.807) is 30.1 Å². The summed E-state index contributed by atoms with van der Waals surface area (Å²) in [6, 6.07) is 10.4. The van der Waals surface area contributed by atoms with Gasteiger partial charge in [-0.3, -0.25) is 24.3 Å². The molecule has 0 radical (unpaired) electrons. The molecule has 1 atom stereocenters. The molecule has 0 spiro atoms. The van der Waals surface area contributed by atoms with Gasteiger partial charge in [0.1, 0.15) is 24.0 Å². The summed E-state index contributed by atoms with van der Waals surface area (Å²) in [5.74, 6) is -0.749. The molecule has 36 heavy (non-hydrogen) atoms. The summed E-state index contributed by atoms with van der Waals surface area (Å²) in [5, 5.41) is 16.8. The number of hydrogen-bond acceptors (Lipinski definition) is 6. The molecule has 0 aliphatic carbocycles. The standard InChI is InChI=1S/C26H30ClN5O4/c1-26(2)14-31(15-26)21(33)13-32-22-17(10-18(12-30-22)23(34)28-3)11-20(25(32)36)24(35)29-9-8-16-4-6-19(27)7-5-16/h4-7,10-12,23,28,34H,8-9,13-15H2,1-3H3,(H,29,35). The molecule has 3 aromatic rings. The monoisotopic (exact) mass is 511 g/mol. The first-order valence-corrected chi connectivity index (χ1v) is 12.1. The molecule has 3 N–H and O–H groups in total. The molecule has 3 heterocycles. The summed E-state index contributed by atoms with van der Waals surface area (Å²) in [6.45, 7) is 5.45. The van der Waals surface area contributed by atoms with Gasteiger partial charge in [-0.25, -0.2) is 4.98 Å². The van der Waals surface area contributed by atoms with E-state index in [0.29, 0.717) is 42.0 Å². The minimum absolute atomic E-state index is 0.0466. The Kier molecular flexibility index (Phi) is 7.44. The quantitative estimate of drug-likeness (QED) is 0.399. The Hall–Kier alpha value is -3.27.